The van der Waals surface area contributed by atoms with Gasteiger partial charge in [0.15, 0.2) is 0 Å². The highest BCUT2D eigenvalue weighted by Crippen LogP contribution is 2.18. The first-order valence-corrected chi connectivity index (χ1v) is 6.50. The molecular formula is C13H17N3S. The lowest BCUT2D eigenvalue weighted by Gasteiger charge is -2.18. The fourth-order valence-corrected chi connectivity index (χ4v) is 2.47. The van der Waals surface area contributed by atoms with Gasteiger partial charge in [0.25, 0.3) is 0 Å². The molecule has 3 nitrogen and oxygen atoms in total. The summed E-state index contributed by atoms with van der Waals surface area (Å²) in [4.78, 5) is 7.94. The highest BCUT2D eigenvalue weighted by Gasteiger charge is 2.04. The summed E-state index contributed by atoms with van der Waals surface area (Å²) in [5, 5.41) is 5.23. The molecule has 2 heterocycles. The number of rotatable bonds is 5. The molecule has 0 fully saturated rings. The van der Waals surface area contributed by atoms with Crippen molar-refractivity contribution in [2.75, 3.05) is 19.0 Å². The Morgan fingerprint density at radius 2 is 2.29 bits per heavy atom. The van der Waals surface area contributed by atoms with Crippen molar-refractivity contribution in [3.63, 3.8) is 0 Å². The number of nitrogens with one attached hydrogen (secondary N) is 1. The predicted molar refractivity (Wildman–Crippen MR) is 73.4 cm³/mol. The number of anilines is 1. The van der Waals surface area contributed by atoms with Gasteiger partial charge in [0, 0.05) is 30.4 Å². The van der Waals surface area contributed by atoms with Gasteiger partial charge in [-0.1, -0.05) is 6.07 Å². The van der Waals surface area contributed by atoms with Crippen molar-refractivity contribution < 1.29 is 0 Å². The molecule has 0 unspecified atom stereocenters. The maximum Gasteiger partial charge on any atom is 0.0562 e. The Morgan fingerprint density at radius 1 is 1.41 bits per heavy atom. The summed E-state index contributed by atoms with van der Waals surface area (Å²) in [5.41, 5.74) is 2.28. The molecule has 2 aromatic rings. The molecule has 0 aliphatic carbocycles. The van der Waals surface area contributed by atoms with Crippen LogP contribution < -0.4 is 10.2 Å². The van der Waals surface area contributed by atoms with E-state index in [1.54, 1.807) is 11.3 Å². The van der Waals surface area contributed by atoms with Crippen LogP contribution in [0.2, 0.25) is 0 Å². The molecule has 0 bridgehead atoms. The normalized spacial score (nSPS) is 10.5. The van der Waals surface area contributed by atoms with Crippen LogP contribution in [-0.2, 0) is 13.1 Å². The molecule has 2 rings (SSSR count). The summed E-state index contributed by atoms with van der Waals surface area (Å²) >= 11 is 1.79. The monoisotopic (exact) mass is 247 g/mol. The molecule has 0 spiro atoms. The third-order valence-electron chi connectivity index (χ3n) is 2.57. The summed E-state index contributed by atoms with van der Waals surface area (Å²) in [6.07, 6.45) is 1.87. The van der Waals surface area contributed by atoms with Crippen LogP contribution in [0.5, 0.6) is 0 Å². The summed E-state index contributed by atoms with van der Waals surface area (Å²) < 4.78 is 0. The minimum absolute atomic E-state index is 0.806. The van der Waals surface area contributed by atoms with Gasteiger partial charge in [-0.05, 0) is 30.6 Å². The van der Waals surface area contributed by atoms with E-state index in [0.717, 1.165) is 18.8 Å². The van der Waals surface area contributed by atoms with Crippen LogP contribution in [-0.4, -0.2) is 19.1 Å². The van der Waals surface area contributed by atoms with Crippen molar-refractivity contribution in [1.29, 1.82) is 0 Å². The molecule has 0 aromatic carbocycles. The second-order valence-electron chi connectivity index (χ2n) is 3.97. The lowest BCUT2D eigenvalue weighted by molar-refractivity contribution is 0.789. The van der Waals surface area contributed by atoms with Gasteiger partial charge in [-0.25, -0.2) is 0 Å². The molecule has 0 amide bonds. The molecule has 0 aliphatic rings. The largest absolute Gasteiger partial charge is 0.369 e. The van der Waals surface area contributed by atoms with Crippen molar-refractivity contribution in [2.24, 2.45) is 0 Å². The molecular weight excluding hydrogens is 230 g/mol. The summed E-state index contributed by atoms with van der Waals surface area (Å²) in [6, 6.07) is 8.43. The van der Waals surface area contributed by atoms with Gasteiger partial charge in [0.1, 0.15) is 0 Å². The van der Waals surface area contributed by atoms with Crippen LogP contribution in [0, 0.1) is 0 Å². The third kappa shape index (κ3) is 3.28. The van der Waals surface area contributed by atoms with Gasteiger partial charge >= 0.3 is 0 Å². The molecule has 0 saturated carbocycles. The van der Waals surface area contributed by atoms with Crippen LogP contribution in [0.4, 0.5) is 5.69 Å². The van der Waals surface area contributed by atoms with Gasteiger partial charge in [0.2, 0.25) is 0 Å². The summed E-state index contributed by atoms with van der Waals surface area (Å²) in [6.45, 7) is 1.75. The van der Waals surface area contributed by atoms with Gasteiger partial charge in [0.05, 0.1) is 12.2 Å². The van der Waals surface area contributed by atoms with Crippen LogP contribution in [0.25, 0.3) is 0 Å². The molecule has 0 aliphatic heterocycles. The van der Waals surface area contributed by atoms with Crippen molar-refractivity contribution >= 4 is 17.0 Å². The predicted octanol–water partition coefficient (Wildman–Crippen LogP) is 2.50. The number of nitrogens with zero attached hydrogens (tertiary/aromatic N) is 2. The molecule has 0 radical (unpaired) electrons. The van der Waals surface area contributed by atoms with E-state index in [9.17, 15) is 0 Å². The van der Waals surface area contributed by atoms with E-state index in [0.29, 0.717) is 0 Å². The number of aromatic nitrogens is 1. The number of pyridine rings is 1. The standard InChI is InChI=1S/C13H17N3S/c1-14-9-11-8-12(5-6-15-11)16(2)10-13-4-3-7-17-13/h3-8,14H,9-10H2,1-2H3. The Hall–Kier alpha value is -1.39. The Labute approximate surface area is 106 Å². The molecule has 90 valence electrons. The fraction of sp³-hybridized carbons (Fsp3) is 0.308. The zero-order chi connectivity index (χ0) is 12.1. The summed E-state index contributed by atoms with van der Waals surface area (Å²) in [5.74, 6) is 0. The lowest BCUT2D eigenvalue weighted by atomic mass is 10.3. The minimum Gasteiger partial charge on any atom is -0.369 e. The molecule has 4 heteroatoms. The van der Waals surface area contributed by atoms with E-state index >= 15 is 0 Å². The Balaban J connectivity index is 2.07. The third-order valence-corrected chi connectivity index (χ3v) is 3.43. The Morgan fingerprint density at radius 3 is 3.00 bits per heavy atom. The topological polar surface area (TPSA) is 28.2 Å². The zero-order valence-electron chi connectivity index (χ0n) is 10.2. The maximum atomic E-state index is 4.32. The Kier molecular flexibility index (Phi) is 4.12. The average molecular weight is 247 g/mol. The van der Waals surface area contributed by atoms with E-state index in [2.05, 4.69) is 45.8 Å². The van der Waals surface area contributed by atoms with E-state index in [1.807, 2.05) is 19.3 Å². The van der Waals surface area contributed by atoms with Crippen molar-refractivity contribution in [3.05, 3.63) is 46.4 Å². The van der Waals surface area contributed by atoms with Crippen LogP contribution in [0.1, 0.15) is 10.6 Å². The summed E-state index contributed by atoms with van der Waals surface area (Å²) in [7, 11) is 4.04. The van der Waals surface area contributed by atoms with Gasteiger partial charge in [-0.15, -0.1) is 11.3 Å². The van der Waals surface area contributed by atoms with Crippen molar-refractivity contribution in [2.45, 2.75) is 13.1 Å². The fourth-order valence-electron chi connectivity index (χ4n) is 1.71. The molecule has 0 saturated heterocycles. The van der Waals surface area contributed by atoms with Gasteiger partial charge < -0.3 is 10.2 Å². The smallest absolute Gasteiger partial charge is 0.0562 e. The highest BCUT2D eigenvalue weighted by molar-refractivity contribution is 7.09. The molecule has 17 heavy (non-hydrogen) atoms. The average Bonchev–Trinajstić information content (AvgIpc) is 2.83. The van der Waals surface area contributed by atoms with Crippen LogP contribution in [0.3, 0.4) is 0 Å². The van der Waals surface area contributed by atoms with Gasteiger partial charge in [-0.3, -0.25) is 4.98 Å². The molecule has 0 atom stereocenters. The molecule has 2 aromatic heterocycles. The first kappa shape index (κ1) is 12.1. The highest BCUT2D eigenvalue weighted by atomic mass is 32.1. The second kappa shape index (κ2) is 5.80. The first-order chi connectivity index (χ1) is 8.29. The maximum absolute atomic E-state index is 4.32. The van der Waals surface area contributed by atoms with E-state index < -0.39 is 0 Å². The molecule has 1 N–H and O–H groups in total. The van der Waals surface area contributed by atoms with Crippen LogP contribution >= 0.6 is 11.3 Å². The van der Waals surface area contributed by atoms with Gasteiger partial charge in [-0.2, -0.15) is 0 Å². The minimum atomic E-state index is 0.806. The van der Waals surface area contributed by atoms with Crippen molar-refractivity contribution in [1.82, 2.24) is 10.3 Å². The number of hydrogen-bond acceptors (Lipinski definition) is 4. The lowest BCUT2D eigenvalue weighted by Crippen LogP contribution is -2.16. The van der Waals surface area contributed by atoms with Crippen molar-refractivity contribution in [3.8, 4) is 0 Å². The van der Waals surface area contributed by atoms with E-state index in [1.165, 1.54) is 10.6 Å². The van der Waals surface area contributed by atoms with E-state index in [4.69, 9.17) is 0 Å². The number of hydrogen-bond donors (Lipinski definition) is 1. The quantitative estimate of drug-likeness (QED) is 0.880. The SMILES string of the molecule is CNCc1cc(N(C)Cc2cccs2)ccn1. The number of thiophene rings is 1. The second-order valence-corrected chi connectivity index (χ2v) is 5.00. The zero-order valence-corrected chi connectivity index (χ0v) is 11.0. The van der Waals surface area contributed by atoms with E-state index in [-0.39, 0.29) is 0 Å². The first-order valence-electron chi connectivity index (χ1n) is 5.62. The Bertz CT molecular complexity index is 453. The van der Waals surface area contributed by atoms with Crippen LogP contribution in [0.15, 0.2) is 35.8 Å².